The maximum absolute atomic E-state index is 11.9. The molecule has 0 spiro atoms. The molecule has 1 atom stereocenters. The predicted molar refractivity (Wildman–Crippen MR) is 69.4 cm³/mol. The standard InChI is InChI=1S/C13H13N5O/c1-8-11(9(2)19)12(10-5-3-4-6-14-10)18-13(17-8)15-7-16-18/h3-7,12H,1-2H3,(H,15,16,17)/t12-/m1/s1. The van der Waals surface area contributed by atoms with E-state index in [2.05, 4.69) is 20.4 Å². The van der Waals surface area contributed by atoms with Gasteiger partial charge in [0.1, 0.15) is 12.4 Å². The number of nitrogens with one attached hydrogen (secondary N) is 1. The lowest BCUT2D eigenvalue weighted by Crippen LogP contribution is -2.28. The van der Waals surface area contributed by atoms with Crippen molar-refractivity contribution in [3.63, 3.8) is 0 Å². The summed E-state index contributed by atoms with van der Waals surface area (Å²) in [6, 6.07) is 5.31. The van der Waals surface area contributed by atoms with Gasteiger partial charge in [-0.25, -0.2) is 4.68 Å². The van der Waals surface area contributed by atoms with E-state index in [1.54, 1.807) is 17.8 Å². The average Bonchev–Trinajstić information content (AvgIpc) is 2.85. The largest absolute Gasteiger partial charge is 0.328 e. The third kappa shape index (κ3) is 1.81. The molecule has 6 heteroatoms. The topological polar surface area (TPSA) is 72.7 Å². The Hall–Kier alpha value is -2.50. The van der Waals surface area contributed by atoms with Crippen molar-refractivity contribution in [3.05, 3.63) is 47.7 Å². The second-order valence-electron chi connectivity index (χ2n) is 4.41. The SMILES string of the molecule is CC(=O)C1=C(C)Nc2ncnn2[C@@H]1c1ccccn1. The Kier molecular flexibility index (Phi) is 2.63. The van der Waals surface area contributed by atoms with Crippen molar-refractivity contribution in [3.8, 4) is 0 Å². The molecule has 19 heavy (non-hydrogen) atoms. The van der Waals surface area contributed by atoms with Crippen LogP contribution in [0.25, 0.3) is 0 Å². The zero-order valence-corrected chi connectivity index (χ0v) is 10.7. The van der Waals surface area contributed by atoms with Crippen molar-refractivity contribution in [2.24, 2.45) is 0 Å². The van der Waals surface area contributed by atoms with Gasteiger partial charge in [-0.05, 0) is 26.0 Å². The van der Waals surface area contributed by atoms with Crippen LogP contribution in [0.2, 0.25) is 0 Å². The fourth-order valence-corrected chi connectivity index (χ4v) is 2.36. The zero-order chi connectivity index (χ0) is 13.4. The minimum absolute atomic E-state index is 0.00167. The predicted octanol–water partition coefficient (Wildman–Crippen LogP) is 1.55. The quantitative estimate of drug-likeness (QED) is 0.881. The molecule has 1 aliphatic heterocycles. The number of carbonyl (C=O) groups is 1. The first kappa shape index (κ1) is 11.6. The highest BCUT2D eigenvalue weighted by molar-refractivity contribution is 5.96. The van der Waals surface area contributed by atoms with Crippen LogP contribution in [-0.2, 0) is 4.79 Å². The first-order chi connectivity index (χ1) is 9.18. The highest BCUT2D eigenvalue weighted by Crippen LogP contribution is 2.33. The van der Waals surface area contributed by atoms with Crippen LogP contribution in [0, 0.1) is 0 Å². The van der Waals surface area contributed by atoms with Gasteiger partial charge >= 0.3 is 0 Å². The fourth-order valence-electron chi connectivity index (χ4n) is 2.36. The molecule has 0 saturated heterocycles. The number of rotatable bonds is 2. The van der Waals surface area contributed by atoms with Crippen molar-refractivity contribution in [2.75, 3.05) is 5.32 Å². The maximum Gasteiger partial charge on any atom is 0.226 e. The van der Waals surface area contributed by atoms with E-state index in [1.165, 1.54) is 6.33 Å². The van der Waals surface area contributed by atoms with Gasteiger partial charge in [0.2, 0.25) is 5.95 Å². The number of hydrogen-bond acceptors (Lipinski definition) is 5. The van der Waals surface area contributed by atoms with Gasteiger partial charge in [0.05, 0.1) is 5.69 Å². The van der Waals surface area contributed by atoms with Gasteiger partial charge in [0.15, 0.2) is 5.78 Å². The summed E-state index contributed by atoms with van der Waals surface area (Å²) in [4.78, 5) is 20.4. The molecular formula is C13H13N5O. The first-order valence-corrected chi connectivity index (χ1v) is 5.97. The van der Waals surface area contributed by atoms with E-state index in [0.717, 1.165) is 11.4 Å². The van der Waals surface area contributed by atoms with E-state index in [4.69, 9.17) is 0 Å². The average molecular weight is 255 g/mol. The lowest BCUT2D eigenvalue weighted by Gasteiger charge is -2.27. The summed E-state index contributed by atoms with van der Waals surface area (Å²) < 4.78 is 1.69. The number of aromatic nitrogens is 4. The molecule has 6 nitrogen and oxygen atoms in total. The molecule has 0 bridgehead atoms. The van der Waals surface area contributed by atoms with E-state index in [0.29, 0.717) is 11.5 Å². The highest BCUT2D eigenvalue weighted by atomic mass is 16.1. The van der Waals surface area contributed by atoms with Crippen LogP contribution in [0.5, 0.6) is 0 Å². The summed E-state index contributed by atoms with van der Waals surface area (Å²) in [5.74, 6) is 0.625. The van der Waals surface area contributed by atoms with Crippen molar-refractivity contribution < 1.29 is 4.79 Å². The molecule has 0 radical (unpaired) electrons. The Morgan fingerprint density at radius 1 is 1.37 bits per heavy atom. The maximum atomic E-state index is 11.9. The van der Waals surface area contributed by atoms with Gasteiger partial charge in [-0.3, -0.25) is 9.78 Å². The Balaban J connectivity index is 2.21. The third-order valence-electron chi connectivity index (χ3n) is 3.14. The monoisotopic (exact) mass is 255 g/mol. The van der Waals surface area contributed by atoms with Crippen molar-refractivity contribution in [1.82, 2.24) is 19.7 Å². The fraction of sp³-hybridized carbons (Fsp3) is 0.231. The molecule has 0 unspecified atom stereocenters. The second-order valence-corrected chi connectivity index (χ2v) is 4.41. The van der Waals surface area contributed by atoms with Crippen LogP contribution in [0.1, 0.15) is 25.6 Å². The van der Waals surface area contributed by atoms with E-state index < -0.39 is 0 Å². The Morgan fingerprint density at radius 2 is 2.21 bits per heavy atom. The molecular weight excluding hydrogens is 242 g/mol. The van der Waals surface area contributed by atoms with Crippen LogP contribution in [0.3, 0.4) is 0 Å². The molecule has 2 aromatic heterocycles. The number of Topliss-reactive ketones (excluding diaryl/α,β-unsaturated/α-hetero) is 1. The van der Waals surface area contributed by atoms with E-state index in [1.807, 2.05) is 25.1 Å². The first-order valence-electron chi connectivity index (χ1n) is 5.97. The number of ketones is 1. The van der Waals surface area contributed by atoms with E-state index in [-0.39, 0.29) is 11.8 Å². The van der Waals surface area contributed by atoms with Crippen molar-refractivity contribution in [1.29, 1.82) is 0 Å². The van der Waals surface area contributed by atoms with Gasteiger partial charge in [-0.2, -0.15) is 10.1 Å². The van der Waals surface area contributed by atoms with Crippen LogP contribution < -0.4 is 5.32 Å². The van der Waals surface area contributed by atoms with Gasteiger partial charge in [0.25, 0.3) is 0 Å². The smallest absolute Gasteiger partial charge is 0.226 e. The number of fused-ring (bicyclic) bond motifs is 1. The normalized spacial score (nSPS) is 17.9. The lowest BCUT2D eigenvalue weighted by atomic mass is 9.96. The number of hydrogen-bond donors (Lipinski definition) is 1. The summed E-state index contributed by atoms with van der Waals surface area (Å²) in [7, 11) is 0. The summed E-state index contributed by atoms with van der Waals surface area (Å²) in [6.45, 7) is 3.42. The highest BCUT2D eigenvalue weighted by Gasteiger charge is 2.32. The van der Waals surface area contributed by atoms with Crippen LogP contribution >= 0.6 is 0 Å². The van der Waals surface area contributed by atoms with Crippen LogP contribution in [0.4, 0.5) is 5.95 Å². The van der Waals surface area contributed by atoms with Crippen LogP contribution in [0.15, 0.2) is 42.0 Å². The lowest BCUT2D eigenvalue weighted by molar-refractivity contribution is -0.114. The molecule has 2 aromatic rings. The molecule has 3 rings (SSSR count). The summed E-state index contributed by atoms with van der Waals surface area (Å²) in [5.41, 5.74) is 2.24. The summed E-state index contributed by atoms with van der Waals surface area (Å²) in [5, 5.41) is 7.29. The molecule has 1 N–H and O–H groups in total. The van der Waals surface area contributed by atoms with Gasteiger partial charge in [-0.1, -0.05) is 6.07 Å². The molecule has 1 aliphatic rings. The summed E-state index contributed by atoms with van der Waals surface area (Å²) in [6.07, 6.45) is 3.18. The summed E-state index contributed by atoms with van der Waals surface area (Å²) >= 11 is 0. The second kappa shape index (κ2) is 4.31. The van der Waals surface area contributed by atoms with Crippen molar-refractivity contribution >= 4 is 11.7 Å². The van der Waals surface area contributed by atoms with Crippen molar-refractivity contribution in [2.45, 2.75) is 19.9 Å². The molecule has 0 fully saturated rings. The number of allylic oxidation sites excluding steroid dienone is 2. The Labute approximate surface area is 110 Å². The molecule has 96 valence electrons. The zero-order valence-electron chi connectivity index (χ0n) is 10.7. The Morgan fingerprint density at radius 3 is 2.89 bits per heavy atom. The van der Waals surface area contributed by atoms with E-state index in [9.17, 15) is 4.79 Å². The molecule has 0 amide bonds. The number of anilines is 1. The number of nitrogens with zero attached hydrogens (tertiary/aromatic N) is 4. The van der Waals surface area contributed by atoms with Gasteiger partial charge < -0.3 is 5.32 Å². The van der Waals surface area contributed by atoms with Crippen LogP contribution in [-0.4, -0.2) is 25.5 Å². The van der Waals surface area contributed by atoms with E-state index >= 15 is 0 Å². The third-order valence-corrected chi connectivity index (χ3v) is 3.14. The molecule has 0 aromatic carbocycles. The molecule has 0 saturated carbocycles. The number of pyridine rings is 1. The minimum atomic E-state index is -0.322. The van der Waals surface area contributed by atoms with Gasteiger partial charge in [-0.15, -0.1) is 0 Å². The number of carbonyl (C=O) groups excluding carboxylic acids is 1. The minimum Gasteiger partial charge on any atom is -0.328 e. The molecule has 0 aliphatic carbocycles. The Bertz CT molecular complexity index is 659. The van der Waals surface area contributed by atoms with Gasteiger partial charge in [0, 0.05) is 17.5 Å². The molecule has 3 heterocycles.